The van der Waals surface area contributed by atoms with Gasteiger partial charge in [-0.2, -0.15) is 5.10 Å². The normalized spacial score (nSPS) is 18.3. The predicted molar refractivity (Wildman–Crippen MR) is 96.8 cm³/mol. The Bertz CT molecular complexity index is 897. The van der Waals surface area contributed by atoms with Crippen molar-refractivity contribution < 1.29 is 19.1 Å². The number of nitrogens with zero attached hydrogens (tertiary/aromatic N) is 2. The molecule has 1 unspecified atom stereocenters. The van der Waals surface area contributed by atoms with Crippen LogP contribution in [-0.4, -0.2) is 35.9 Å². The number of rotatable bonds is 4. The third-order valence-corrected chi connectivity index (χ3v) is 4.89. The Kier molecular flexibility index (Phi) is 4.68. The fraction of sp³-hybridized carbons (Fsp3) is 0.350. The highest BCUT2D eigenvalue weighted by atomic mass is 16.5. The molecule has 136 valence electrons. The summed E-state index contributed by atoms with van der Waals surface area (Å²) in [7, 11) is 4.47. The summed E-state index contributed by atoms with van der Waals surface area (Å²) < 4.78 is 11.2. The fourth-order valence-electron chi connectivity index (χ4n) is 3.61. The van der Waals surface area contributed by atoms with Gasteiger partial charge in [-0.15, -0.1) is 0 Å². The quantitative estimate of drug-likeness (QED) is 0.624. The lowest BCUT2D eigenvalue weighted by Gasteiger charge is -2.33. The second-order valence-corrected chi connectivity index (χ2v) is 6.71. The molecule has 1 atom stereocenters. The van der Waals surface area contributed by atoms with Crippen molar-refractivity contribution in [1.29, 1.82) is 0 Å². The number of hydrogen-bond donors (Lipinski definition) is 0. The molecule has 0 aliphatic heterocycles. The predicted octanol–water partition coefficient (Wildman–Crippen LogP) is 2.81. The van der Waals surface area contributed by atoms with Gasteiger partial charge >= 0.3 is 11.9 Å². The summed E-state index contributed by atoms with van der Waals surface area (Å²) >= 11 is 0. The molecule has 0 amide bonds. The van der Waals surface area contributed by atoms with E-state index < -0.39 is 5.97 Å². The fourth-order valence-corrected chi connectivity index (χ4v) is 3.61. The molecule has 1 heterocycles. The first kappa shape index (κ1) is 17.9. The number of ether oxygens (including phenoxy) is 2. The van der Waals surface area contributed by atoms with Gasteiger partial charge in [0.05, 0.1) is 19.9 Å². The van der Waals surface area contributed by atoms with Crippen molar-refractivity contribution in [3.63, 3.8) is 0 Å². The van der Waals surface area contributed by atoms with Gasteiger partial charge in [-0.3, -0.25) is 4.68 Å². The van der Waals surface area contributed by atoms with Gasteiger partial charge in [0, 0.05) is 24.1 Å². The van der Waals surface area contributed by atoms with E-state index in [0.717, 1.165) is 28.8 Å². The van der Waals surface area contributed by atoms with Crippen molar-refractivity contribution in [3.05, 3.63) is 53.4 Å². The summed E-state index contributed by atoms with van der Waals surface area (Å²) in [5.41, 5.74) is 3.90. The molecule has 3 rings (SSSR count). The topological polar surface area (TPSA) is 70.4 Å². The maximum atomic E-state index is 12.4. The van der Waals surface area contributed by atoms with Crippen LogP contribution in [-0.2, 0) is 33.2 Å². The van der Waals surface area contributed by atoms with E-state index in [4.69, 9.17) is 4.74 Å². The van der Waals surface area contributed by atoms with Gasteiger partial charge in [0.15, 0.2) is 5.69 Å². The molecule has 1 aliphatic rings. The molecular weight excluding hydrogens is 332 g/mol. The molecule has 2 aromatic rings. The summed E-state index contributed by atoms with van der Waals surface area (Å²) in [6, 6.07) is 8.01. The first-order chi connectivity index (χ1) is 12.4. The van der Waals surface area contributed by atoms with E-state index in [1.54, 1.807) is 17.8 Å². The Hall–Kier alpha value is -2.89. The standard InChI is InChI=1S/C20H22N2O4/c1-20(11-7-10-15(23)25-3)12-13-8-5-6-9-14(13)16-17(19(24)26-4)22(2)21-18(16)20/h5-10H,11-12H2,1-4H3/b10-7+. The zero-order chi connectivity index (χ0) is 18.9. The number of esters is 2. The van der Waals surface area contributed by atoms with E-state index >= 15 is 0 Å². The van der Waals surface area contributed by atoms with E-state index in [1.807, 2.05) is 18.2 Å². The van der Waals surface area contributed by atoms with Crippen LogP contribution in [0.4, 0.5) is 0 Å². The van der Waals surface area contributed by atoms with Crippen LogP contribution in [0.1, 0.15) is 35.1 Å². The Balaban J connectivity index is 2.15. The largest absolute Gasteiger partial charge is 0.466 e. The summed E-state index contributed by atoms with van der Waals surface area (Å²) in [5.74, 6) is -0.799. The van der Waals surface area contributed by atoms with Crippen molar-refractivity contribution in [2.75, 3.05) is 14.2 Å². The highest BCUT2D eigenvalue weighted by molar-refractivity contribution is 5.97. The molecule has 6 nitrogen and oxygen atoms in total. The smallest absolute Gasteiger partial charge is 0.356 e. The van der Waals surface area contributed by atoms with Crippen molar-refractivity contribution >= 4 is 11.9 Å². The Morgan fingerprint density at radius 3 is 2.69 bits per heavy atom. The maximum Gasteiger partial charge on any atom is 0.356 e. The first-order valence-electron chi connectivity index (χ1n) is 8.40. The second kappa shape index (κ2) is 6.78. The van der Waals surface area contributed by atoms with Crippen LogP contribution in [0.2, 0.25) is 0 Å². The van der Waals surface area contributed by atoms with E-state index in [1.165, 1.54) is 20.3 Å². The van der Waals surface area contributed by atoms with Gasteiger partial charge in [-0.1, -0.05) is 37.3 Å². The van der Waals surface area contributed by atoms with Crippen LogP contribution in [0, 0.1) is 0 Å². The number of aryl methyl sites for hydroxylation is 1. The molecule has 0 saturated heterocycles. The monoisotopic (exact) mass is 354 g/mol. The minimum absolute atomic E-state index is 0.349. The second-order valence-electron chi connectivity index (χ2n) is 6.71. The molecule has 0 N–H and O–H groups in total. The molecule has 1 aromatic carbocycles. The van der Waals surface area contributed by atoms with Gasteiger partial charge < -0.3 is 9.47 Å². The van der Waals surface area contributed by atoms with Crippen molar-refractivity contribution in [3.8, 4) is 11.1 Å². The van der Waals surface area contributed by atoms with Crippen LogP contribution in [0.3, 0.4) is 0 Å². The van der Waals surface area contributed by atoms with Crippen molar-refractivity contribution in [1.82, 2.24) is 9.78 Å². The number of methoxy groups -OCH3 is 2. The highest BCUT2D eigenvalue weighted by Crippen LogP contribution is 2.46. The lowest BCUT2D eigenvalue weighted by molar-refractivity contribution is -0.134. The van der Waals surface area contributed by atoms with Crippen LogP contribution in [0.5, 0.6) is 0 Å². The number of carbonyl (C=O) groups is 2. The number of aromatic nitrogens is 2. The van der Waals surface area contributed by atoms with Crippen LogP contribution in [0.15, 0.2) is 36.4 Å². The summed E-state index contributed by atoms with van der Waals surface area (Å²) in [6.07, 6.45) is 4.59. The van der Waals surface area contributed by atoms with E-state index in [0.29, 0.717) is 12.1 Å². The molecule has 0 radical (unpaired) electrons. The van der Waals surface area contributed by atoms with Gasteiger partial charge in [-0.05, 0) is 24.0 Å². The van der Waals surface area contributed by atoms with E-state index in [2.05, 4.69) is 22.8 Å². The molecular formula is C20H22N2O4. The highest BCUT2D eigenvalue weighted by Gasteiger charge is 2.40. The third-order valence-electron chi connectivity index (χ3n) is 4.89. The van der Waals surface area contributed by atoms with Gasteiger partial charge in [0.2, 0.25) is 0 Å². The lowest BCUT2D eigenvalue weighted by Crippen LogP contribution is -2.29. The molecule has 6 heteroatoms. The number of benzene rings is 1. The van der Waals surface area contributed by atoms with Crippen LogP contribution < -0.4 is 0 Å². The summed E-state index contributed by atoms with van der Waals surface area (Å²) in [6.45, 7) is 2.09. The average molecular weight is 354 g/mol. The summed E-state index contributed by atoms with van der Waals surface area (Å²) in [4.78, 5) is 23.8. The van der Waals surface area contributed by atoms with Crippen LogP contribution >= 0.6 is 0 Å². The van der Waals surface area contributed by atoms with E-state index in [-0.39, 0.29) is 11.4 Å². The molecule has 0 spiro atoms. The first-order valence-corrected chi connectivity index (χ1v) is 8.40. The van der Waals surface area contributed by atoms with Crippen molar-refractivity contribution in [2.24, 2.45) is 7.05 Å². The SMILES string of the molecule is COC(=O)/C=C/CC1(C)Cc2ccccc2-c2c1nn(C)c2C(=O)OC. The zero-order valence-electron chi connectivity index (χ0n) is 15.4. The third kappa shape index (κ3) is 2.92. The minimum Gasteiger partial charge on any atom is -0.466 e. The number of fused-ring (bicyclic) bond motifs is 3. The molecule has 0 saturated carbocycles. The Morgan fingerprint density at radius 2 is 2.00 bits per heavy atom. The van der Waals surface area contributed by atoms with E-state index in [9.17, 15) is 9.59 Å². The molecule has 26 heavy (non-hydrogen) atoms. The number of hydrogen-bond acceptors (Lipinski definition) is 5. The summed E-state index contributed by atoms with van der Waals surface area (Å²) in [5, 5.41) is 4.66. The maximum absolute atomic E-state index is 12.4. The average Bonchev–Trinajstić information content (AvgIpc) is 2.99. The van der Waals surface area contributed by atoms with Crippen LogP contribution in [0.25, 0.3) is 11.1 Å². The zero-order valence-corrected chi connectivity index (χ0v) is 15.4. The van der Waals surface area contributed by atoms with Gasteiger partial charge in [0.25, 0.3) is 0 Å². The van der Waals surface area contributed by atoms with Gasteiger partial charge in [-0.25, -0.2) is 9.59 Å². The lowest BCUT2D eigenvalue weighted by atomic mass is 9.70. The molecule has 1 aromatic heterocycles. The molecule has 1 aliphatic carbocycles. The minimum atomic E-state index is -0.412. The number of allylic oxidation sites excluding steroid dienone is 1. The molecule has 0 fully saturated rings. The van der Waals surface area contributed by atoms with Crippen molar-refractivity contribution in [2.45, 2.75) is 25.2 Å². The number of carbonyl (C=O) groups excluding carboxylic acids is 2. The Labute approximate surface area is 152 Å². The molecule has 0 bridgehead atoms. The Morgan fingerprint density at radius 1 is 1.27 bits per heavy atom. The van der Waals surface area contributed by atoms with Gasteiger partial charge in [0.1, 0.15) is 0 Å².